The van der Waals surface area contributed by atoms with Gasteiger partial charge in [-0.3, -0.25) is 0 Å². The Hall–Kier alpha value is -2.47. The Balaban J connectivity index is 2.60. The second-order valence-corrected chi connectivity index (χ2v) is 36.4. The predicted octanol–water partition coefficient (Wildman–Crippen LogP) is 13.6. The Morgan fingerprint density at radius 1 is 0.441 bits per heavy atom. The topological polar surface area (TPSA) is 36.9 Å². The molecule has 4 unspecified atom stereocenters. The van der Waals surface area contributed by atoms with Crippen molar-refractivity contribution in [2.45, 2.75) is 132 Å². The second kappa shape index (κ2) is 14.8. The number of benzene rings is 2. The van der Waals surface area contributed by atoms with E-state index >= 15 is 52.7 Å². The van der Waals surface area contributed by atoms with Crippen molar-refractivity contribution in [3.05, 3.63) is 106 Å². The predicted molar refractivity (Wildman–Crippen MR) is 211 cm³/mol. The summed E-state index contributed by atoms with van der Waals surface area (Å²) < 4.78 is 221. The van der Waals surface area contributed by atoms with Crippen LogP contribution in [0.5, 0.6) is 0 Å². The summed E-state index contributed by atoms with van der Waals surface area (Å²) in [7, 11) is -14.8. The molecule has 0 N–H and O–H groups in total. The first-order valence-corrected chi connectivity index (χ1v) is 32.2. The fourth-order valence-corrected chi connectivity index (χ4v) is 13.1. The summed E-state index contributed by atoms with van der Waals surface area (Å²) in [6.45, 7) is 19.0. The molecule has 4 nitrogen and oxygen atoms in total. The molecule has 0 fully saturated rings. The molecule has 0 saturated heterocycles. The zero-order chi connectivity index (χ0) is 45.6. The molecule has 330 valence electrons. The molecule has 4 atom stereocenters. The van der Waals surface area contributed by atoms with E-state index in [-0.39, 0.29) is 6.08 Å². The first-order valence-electron chi connectivity index (χ1n) is 18.5. The van der Waals surface area contributed by atoms with E-state index in [1.807, 2.05) is 0 Å². The molecule has 4 rings (SSSR count). The van der Waals surface area contributed by atoms with E-state index in [1.165, 1.54) is 78.6 Å². The molecule has 0 aromatic heterocycles. The highest BCUT2D eigenvalue weighted by Gasteiger charge is 2.75. The van der Waals surface area contributed by atoms with Crippen molar-refractivity contribution in [1.82, 2.24) is 0 Å². The van der Waals surface area contributed by atoms with Crippen LogP contribution in [0.15, 0.2) is 84.0 Å². The standard InChI is InChI=1S/C39H50F12O4Si4/c1-25-24-31-30(34(38(46,47)48,54-58(8,9)10)28-20-16-17-21-29(28)35(31,39(49,50)51)55-59(11,12)13)22-23-32(36(40,41)42,52-56(2,3)4)26-18-14-15-19-27(26)33(25,37(43,44)45)53-57(5,6)7/h14-22,24H,1,23H2,2-13H3/b30-22+,31-24+. The molecule has 20 heteroatoms. The maximum atomic E-state index is 16.5. The van der Waals surface area contributed by atoms with Gasteiger partial charge in [0.25, 0.3) is 0 Å². The first kappa shape index (κ1) is 49.2. The van der Waals surface area contributed by atoms with Crippen LogP contribution >= 0.6 is 0 Å². The van der Waals surface area contributed by atoms with Crippen molar-refractivity contribution < 1.29 is 70.4 Å². The number of fused-ring (bicyclic) bond motifs is 3. The van der Waals surface area contributed by atoms with Gasteiger partial charge in [0.1, 0.15) is 0 Å². The molecule has 59 heavy (non-hydrogen) atoms. The van der Waals surface area contributed by atoms with Crippen molar-refractivity contribution in [2.24, 2.45) is 0 Å². The zero-order valence-electron chi connectivity index (χ0n) is 34.9. The zero-order valence-corrected chi connectivity index (χ0v) is 38.9. The van der Waals surface area contributed by atoms with Crippen LogP contribution in [0.1, 0.15) is 28.7 Å². The first-order chi connectivity index (χ1) is 26.1. The highest BCUT2D eigenvalue weighted by atomic mass is 28.4. The third-order valence-corrected chi connectivity index (χ3v) is 13.1. The minimum Gasteiger partial charge on any atom is -0.400 e. The van der Waals surface area contributed by atoms with E-state index in [9.17, 15) is 0 Å². The van der Waals surface area contributed by atoms with Crippen molar-refractivity contribution in [2.75, 3.05) is 0 Å². The lowest BCUT2D eigenvalue weighted by Crippen LogP contribution is -2.63. The summed E-state index contributed by atoms with van der Waals surface area (Å²) in [5.74, 6) is 0. The Morgan fingerprint density at radius 2 is 0.746 bits per heavy atom. The molecule has 0 spiro atoms. The normalized spacial score (nSPS) is 28.4. The molecule has 0 saturated carbocycles. The van der Waals surface area contributed by atoms with Crippen LogP contribution in [0.2, 0.25) is 78.6 Å². The number of hydrogen-bond donors (Lipinski definition) is 0. The molecule has 0 bridgehead atoms. The van der Waals surface area contributed by atoms with Crippen molar-refractivity contribution in [3.63, 3.8) is 0 Å². The lowest BCUT2D eigenvalue weighted by atomic mass is 9.62. The minimum absolute atomic E-state index is 0.216. The van der Waals surface area contributed by atoms with Crippen LogP contribution in [0.25, 0.3) is 0 Å². The second-order valence-electron chi connectivity index (χ2n) is 18.7. The van der Waals surface area contributed by atoms with Gasteiger partial charge in [0.05, 0.1) is 0 Å². The molecule has 2 aromatic rings. The monoisotopic (exact) mass is 922 g/mol. The molecule has 0 radical (unpaired) electrons. The number of alkyl halides is 12. The van der Waals surface area contributed by atoms with Crippen molar-refractivity contribution in [3.8, 4) is 0 Å². The van der Waals surface area contributed by atoms with Gasteiger partial charge in [-0.2, -0.15) is 52.7 Å². The lowest BCUT2D eigenvalue weighted by molar-refractivity contribution is -0.268. The van der Waals surface area contributed by atoms with Crippen molar-refractivity contribution in [1.29, 1.82) is 0 Å². The van der Waals surface area contributed by atoms with Crippen LogP contribution in [0, 0.1) is 0 Å². The van der Waals surface area contributed by atoms with Gasteiger partial charge in [-0.25, -0.2) is 0 Å². The summed E-state index contributed by atoms with van der Waals surface area (Å²) in [4.78, 5) is 0. The minimum atomic E-state index is -5.81. The Labute approximate surface area is 341 Å². The third-order valence-electron chi connectivity index (χ3n) is 9.35. The average Bonchev–Trinajstić information content (AvgIpc) is 2.99. The number of rotatable bonds is 8. The number of hydrogen-bond acceptors (Lipinski definition) is 4. The SMILES string of the molecule is C=C1/C=C2\C(=C/CC(O[Si](C)(C)C)(C(F)(F)F)c3ccccc3C1(O[Si](C)(C)C)C(F)(F)F)C(O[Si](C)(C)C)(C(F)(F)F)c1ccccc1C2(O[Si](C)(C)C)C(F)(F)F. The van der Waals surface area contributed by atoms with Gasteiger partial charge in [-0.1, -0.05) is 61.2 Å². The maximum Gasteiger partial charge on any atom is 0.425 e. The van der Waals surface area contributed by atoms with Gasteiger partial charge in [0, 0.05) is 28.7 Å². The summed E-state index contributed by atoms with van der Waals surface area (Å²) in [6, 6.07) is 6.88. The molecule has 0 amide bonds. The van der Waals surface area contributed by atoms with E-state index in [4.69, 9.17) is 17.7 Å². The summed E-state index contributed by atoms with van der Waals surface area (Å²) in [5.41, 5.74) is -25.2. The van der Waals surface area contributed by atoms with Gasteiger partial charge in [-0.05, 0) is 101 Å². The molecule has 2 aliphatic rings. The molecular weight excluding hydrogens is 873 g/mol. The quantitative estimate of drug-likeness (QED) is 0.195. The van der Waals surface area contributed by atoms with Crippen LogP contribution < -0.4 is 0 Å². The lowest BCUT2D eigenvalue weighted by Gasteiger charge is -2.55. The van der Waals surface area contributed by atoms with Gasteiger partial charge in [-0.15, -0.1) is 0 Å². The van der Waals surface area contributed by atoms with E-state index < -0.39 is 126 Å². The molecular formula is C39H50F12O4Si4. The average molecular weight is 923 g/mol. The van der Waals surface area contributed by atoms with E-state index in [1.54, 1.807) is 0 Å². The Kier molecular flexibility index (Phi) is 12.4. The van der Waals surface area contributed by atoms with Crippen LogP contribution in [0.4, 0.5) is 52.7 Å². The Bertz CT molecular complexity index is 2000. The summed E-state index contributed by atoms with van der Waals surface area (Å²) in [5, 5.41) is 0. The number of halogens is 12. The van der Waals surface area contributed by atoms with Crippen LogP contribution in [-0.2, 0) is 40.1 Å². The summed E-state index contributed by atoms with van der Waals surface area (Å²) >= 11 is 0. The van der Waals surface area contributed by atoms with E-state index in [0.717, 1.165) is 42.5 Å². The fourth-order valence-electron chi connectivity index (χ4n) is 7.93. The molecule has 0 aliphatic heterocycles. The third kappa shape index (κ3) is 8.66. The molecule has 2 aromatic carbocycles. The Morgan fingerprint density at radius 3 is 1.07 bits per heavy atom. The van der Waals surface area contributed by atoms with Gasteiger partial charge in [0.2, 0.25) is 16.8 Å². The van der Waals surface area contributed by atoms with E-state index in [2.05, 4.69) is 6.58 Å². The fraction of sp³-hybridized carbons (Fsp3) is 0.538. The summed E-state index contributed by atoms with van der Waals surface area (Å²) in [6.07, 6.45) is -24.2. The van der Waals surface area contributed by atoms with Crippen LogP contribution in [0.3, 0.4) is 0 Å². The van der Waals surface area contributed by atoms with Crippen LogP contribution in [-0.4, -0.2) is 58.0 Å². The smallest absolute Gasteiger partial charge is 0.400 e. The molecule has 2 aliphatic carbocycles. The van der Waals surface area contributed by atoms with Gasteiger partial charge >= 0.3 is 24.7 Å². The highest BCUT2D eigenvalue weighted by Crippen LogP contribution is 2.66. The highest BCUT2D eigenvalue weighted by molar-refractivity contribution is 6.71. The van der Waals surface area contributed by atoms with E-state index in [0.29, 0.717) is 12.1 Å². The van der Waals surface area contributed by atoms with Crippen molar-refractivity contribution >= 4 is 33.3 Å². The maximum absolute atomic E-state index is 16.5. The largest absolute Gasteiger partial charge is 0.425 e. The van der Waals surface area contributed by atoms with Gasteiger partial charge in [0.15, 0.2) is 38.9 Å². The molecule has 0 heterocycles. The van der Waals surface area contributed by atoms with Gasteiger partial charge < -0.3 is 17.7 Å².